The highest BCUT2D eigenvalue weighted by Gasteiger charge is 2.39. The molecule has 1 aliphatic carbocycles. The summed E-state index contributed by atoms with van der Waals surface area (Å²) in [7, 11) is 0. The molecule has 1 aliphatic rings. The number of aliphatic hydroxyl groups is 2. The number of carbonyl (C=O) groups is 2. The van der Waals surface area contributed by atoms with Crippen LogP contribution in [0.25, 0.3) is 0 Å². The topological polar surface area (TPSA) is 94.8 Å². The number of hydrogen-bond acceptors (Lipinski definition) is 4. The Kier molecular flexibility index (Phi) is 10.3. The second-order valence-electron chi connectivity index (χ2n) is 6.86. The van der Waals surface area contributed by atoms with Crippen molar-refractivity contribution in [3.63, 3.8) is 0 Å². The molecule has 5 heteroatoms. The minimum atomic E-state index is -0.801. The van der Waals surface area contributed by atoms with Gasteiger partial charge in [0.2, 0.25) is 0 Å². The van der Waals surface area contributed by atoms with E-state index < -0.39 is 18.2 Å². The number of carboxylic acids is 1. The van der Waals surface area contributed by atoms with Gasteiger partial charge in [-0.05, 0) is 25.7 Å². The van der Waals surface area contributed by atoms with E-state index in [4.69, 9.17) is 5.11 Å². The van der Waals surface area contributed by atoms with Gasteiger partial charge in [-0.1, -0.05) is 50.5 Å². The maximum absolute atomic E-state index is 12.1. The smallest absolute Gasteiger partial charge is 0.303 e. The molecular weight excluding hydrogens is 320 g/mol. The Labute approximate surface area is 150 Å². The summed E-state index contributed by atoms with van der Waals surface area (Å²) in [4.78, 5) is 22.5. The van der Waals surface area contributed by atoms with Gasteiger partial charge in [-0.2, -0.15) is 0 Å². The Morgan fingerprint density at radius 3 is 2.72 bits per heavy atom. The van der Waals surface area contributed by atoms with Crippen molar-refractivity contribution < 1.29 is 24.9 Å². The lowest BCUT2D eigenvalue weighted by molar-refractivity contribution is -0.137. The van der Waals surface area contributed by atoms with E-state index >= 15 is 0 Å². The van der Waals surface area contributed by atoms with Gasteiger partial charge in [0.05, 0.1) is 12.2 Å². The van der Waals surface area contributed by atoms with Crippen LogP contribution in [0.15, 0.2) is 24.3 Å². The molecule has 142 valence electrons. The lowest BCUT2D eigenvalue weighted by atomic mass is 9.90. The number of unbranched alkanes of at least 4 members (excludes halogenated alkanes) is 3. The minimum Gasteiger partial charge on any atom is -0.481 e. The van der Waals surface area contributed by atoms with E-state index in [0.717, 1.165) is 19.3 Å². The molecule has 1 fully saturated rings. The van der Waals surface area contributed by atoms with Crippen molar-refractivity contribution in [2.45, 2.75) is 76.9 Å². The van der Waals surface area contributed by atoms with Crippen LogP contribution in [0, 0.1) is 11.8 Å². The molecule has 0 aromatic rings. The van der Waals surface area contributed by atoms with Gasteiger partial charge in [-0.15, -0.1) is 0 Å². The highest BCUT2D eigenvalue weighted by atomic mass is 16.4. The lowest BCUT2D eigenvalue weighted by Crippen LogP contribution is -2.18. The van der Waals surface area contributed by atoms with Gasteiger partial charge in [0.25, 0.3) is 0 Å². The summed E-state index contributed by atoms with van der Waals surface area (Å²) in [5.41, 5.74) is 0. The number of Topliss-reactive ketones (excluding diaryl/α,β-unsaturated/α-hetero) is 1. The Balaban J connectivity index is 2.48. The van der Waals surface area contributed by atoms with Crippen LogP contribution >= 0.6 is 0 Å². The van der Waals surface area contributed by atoms with E-state index in [0.29, 0.717) is 25.7 Å². The van der Waals surface area contributed by atoms with Gasteiger partial charge in [0, 0.05) is 24.7 Å². The summed E-state index contributed by atoms with van der Waals surface area (Å²) in [6.07, 6.45) is 12.1. The van der Waals surface area contributed by atoms with Crippen molar-refractivity contribution in [2.75, 3.05) is 0 Å². The number of carbonyl (C=O) groups excluding carboxylic acids is 1. The molecule has 0 spiro atoms. The third-order valence-corrected chi connectivity index (χ3v) is 4.71. The van der Waals surface area contributed by atoms with Crippen molar-refractivity contribution in [2.24, 2.45) is 11.8 Å². The van der Waals surface area contributed by atoms with Crippen LogP contribution in [0.1, 0.15) is 64.7 Å². The van der Waals surface area contributed by atoms with E-state index in [1.807, 2.05) is 12.2 Å². The molecule has 0 aromatic heterocycles. The first-order chi connectivity index (χ1) is 12.0. The monoisotopic (exact) mass is 352 g/mol. The molecule has 4 atom stereocenters. The maximum atomic E-state index is 12.1. The Morgan fingerprint density at radius 1 is 1.28 bits per heavy atom. The van der Waals surface area contributed by atoms with Crippen molar-refractivity contribution in [1.29, 1.82) is 0 Å². The molecular formula is C20H32O5. The van der Waals surface area contributed by atoms with Crippen molar-refractivity contribution in [3.05, 3.63) is 24.3 Å². The minimum absolute atomic E-state index is 0.0535. The SMILES string of the molecule is CCCCC[C@H](O)/C=C/[C@@H]1[C@H](O)CC(=O)[C@H]1C/C=C/CCCC(=O)O. The van der Waals surface area contributed by atoms with E-state index in [2.05, 4.69) is 6.92 Å². The fourth-order valence-electron chi connectivity index (χ4n) is 3.22. The summed E-state index contributed by atoms with van der Waals surface area (Å²) in [6.45, 7) is 2.11. The Bertz CT molecular complexity index is 469. The molecule has 0 saturated heterocycles. The molecule has 0 aliphatic heterocycles. The summed E-state index contributed by atoms with van der Waals surface area (Å²) < 4.78 is 0. The zero-order valence-corrected chi connectivity index (χ0v) is 15.1. The fourth-order valence-corrected chi connectivity index (χ4v) is 3.22. The molecule has 0 bridgehead atoms. The third kappa shape index (κ3) is 8.45. The van der Waals surface area contributed by atoms with Crippen LogP contribution in [0.5, 0.6) is 0 Å². The standard InChI is InChI=1S/C20H32O5/c1-2-3-6-9-15(21)12-13-17-16(18(22)14-19(17)23)10-7-4-5-8-11-20(24)25/h4,7,12-13,15-17,19,21,23H,2-3,5-6,8-11,14H2,1H3,(H,24,25)/b7-4+,13-12+/t15-,16-,17-,19+/m0/s1. The number of hydrogen-bond donors (Lipinski definition) is 3. The van der Waals surface area contributed by atoms with Gasteiger partial charge < -0.3 is 15.3 Å². The Morgan fingerprint density at radius 2 is 2.04 bits per heavy atom. The van der Waals surface area contributed by atoms with Crippen LogP contribution in [-0.4, -0.2) is 39.3 Å². The van der Waals surface area contributed by atoms with Crippen molar-refractivity contribution >= 4 is 11.8 Å². The van der Waals surface area contributed by atoms with Gasteiger partial charge in [0.15, 0.2) is 0 Å². The first-order valence-corrected chi connectivity index (χ1v) is 9.39. The summed E-state index contributed by atoms with van der Waals surface area (Å²) >= 11 is 0. The summed E-state index contributed by atoms with van der Waals surface area (Å²) in [5, 5.41) is 28.7. The van der Waals surface area contributed by atoms with E-state index in [-0.39, 0.29) is 30.5 Å². The zero-order valence-electron chi connectivity index (χ0n) is 15.1. The predicted molar refractivity (Wildman–Crippen MR) is 97.1 cm³/mol. The van der Waals surface area contributed by atoms with Gasteiger partial charge in [-0.3, -0.25) is 9.59 Å². The quantitative estimate of drug-likeness (QED) is 0.370. The van der Waals surface area contributed by atoms with Crippen LogP contribution < -0.4 is 0 Å². The number of aliphatic carboxylic acids is 1. The van der Waals surface area contributed by atoms with Gasteiger partial charge in [-0.25, -0.2) is 0 Å². The third-order valence-electron chi connectivity index (χ3n) is 4.71. The fraction of sp³-hybridized carbons (Fsp3) is 0.700. The number of allylic oxidation sites excluding steroid dienone is 2. The van der Waals surface area contributed by atoms with Crippen LogP contribution in [-0.2, 0) is 9.59 Å². The summed E-state index contributed by atoms with van der Waals surface area (Å²) in [6, 6.07) is 0. The molecule has 0 amide bonds. The average molecular weight is 352 g/mol. The molecule has 0 radical (unpaired) electrons. The molecule has 3 N–H and O–H groups in total. The largest absolute Gasteiger partial charge is 0.481 e. The van der Waals surface area contributed by atoms with Crippen molar-refractivity contribution in [1.82, 2.24) is 0 Å². The number of carboxylic acid groups (broad SMARTS) is 1. The van der Waals surface area contributed by atoms with E-state index in [1.54, 1.807) is 12.2 Å². The van der Waals surface area contributed by atoms with E-state index in [9.17, 15) is 19.8 Å². The highest BCUT2D eigenvalue weighted by molar-refractivity contribution is 5.84. The number of aliphatic hydroxyl groups excluding tert-OH is 2. The molecule has 25 heavy (non-hydrogen) atoms. The van der Waals surface area contributed by atoms with Gasteiger partial charge >= 0.3 is 5.97 Å². The van der Waals surface area contributed by atoms with Crippen LogP contribution in [0.4, 0.5) is 0 Å². The van der Waals surface area contributed by atoms with Crippen LogP contribution in [0.2, 0.25) is 0 Å². The highest BCUT2D eigenvalue weighted by Crippen LogP contribution is 2.33. The van der Waals surface area contributed by atoms with Gasteiger partial charge in [0.1, 0.15) is 5.78 Å². The second-order valence-corrected chi connectivity index (χ2v) is 6.86. The molecule has 0 heterocycles. The normalized spacial score (nSPS) is 25.2. The molecule has 0 unspecified atom stereocenters. The molecule has 1 saturated carbocycles. The summed E-state index contributed by atoms with van der Waals surface area (Å²) in [5.74, 6) is -1.26. The predicted octanol–water partition coefficient (Wildman–Crippen LogP) is 3.25. The maximum Gasteiger partial charge on any atom is 0.303 e. The number of rotatable bonds is 12. The molecule has 1 rings (SSSR count). The first-order valence-electron chi connectivity index (χ1n) is 9.39. The molecule has 5 nitrogen and oxygen atoms in total. The first kappa shape index (κ1) is 21.6. The number of ketones is 1. The van der Waals surface area contributed by atoms with Crippen LogP contribution in [0.3, 0.4) is 0 Å². The lowest BCUT2D eigenvalue weighted by Gasteiger charge is -2.16. The molecule has 0 aromatic carbocycles. The average Bonchev–Trinajstić information content (AvgIpc) is 2.82. The van der Waals surface area contributed by atoms with E-state index in [1.165, 1.54) is 0 Å². The second kappa shape index (κ2) is 12.0. The Hall–Kier alpha value is -1.46. The zero-order chi connectivity index (χ0) is 18.7. The van der Waals surface area contributed by atoms with Crippen molar-refractivity contribution in [3.8, 4) is 0 Å².